The van der Waals surface area contributed by atoms with E-state index in [1.807, 2.05) is 0 Å². The molecule has 11 N–H and O–H groups in total. The molecule has 3 heterocycles. The van der Waals surface area contributed by atoms with Gasteiger partial charge in [0.25, 0.3) is 5.79 Å². The predicted octanol–water partition coefficient (Wildman–Crippen LogP) is -5.84. The molecule has 0 unspecified atom stereocenters. The number of carbonyl (C=O) groups is 3. The number of aliphatic carboxylic acids is 1. The molecule has 3 aliphatic heterocycles. The van der Waals surface area contributed by atoms with Crippen LogP contribution in [0.2, 0.25) is 0 Å². The molecule has 2 amide bonds. The second-order valence-corrected chi connectivity index (χ2v) is 11.7. The van der Waals surface area contributed by atoms with Crippen LogP contribution in [0, 0.1) is 0 Å². The van der Waals surface area contributed by atoms with E-state index < -0.39 is 136 Å². The van der Waals surface area contributed by atoms with Crippen molar-refractivity contribution in [2.45, 2.75) is 118 Å². The average molecular weight is 699 g/mol. The maximum Gasteiger partial charge on any atom is 0.364 e. The number of hydrogen-bond acceptors (Lipinski definition) is 17. The Balaban J connectivity index is 1.96. The topological polar surface area (TPSA) is 313 Å². The number of aliphatic hydroxyl groups is 8. The van der Waals surface area contributed by atoms with E-state index in [1.54, 1.807) is 0 Å². The highest BCUT2D eigenvalue weighted by Crippen LogP contribution is 2.38. The Bertz CT molecular complexity index is 1100. The molecule has 3 aliphatic rings. The molecule has 15 atom stereocenters. The van der Waals surface area contributed by atoms with Gasteiger partial charge in [0.15, 0.2) is 12.6 Å². The molecule has 0 saturated carbocycles. The molecule has 0 aromatic heterocycles. The van der Waals surface area contributed by atoms with Crippen LogP contribution in [0.3, 0.4) is 0 Å². The number of carbonyl (C=O) groups excluding carboxylic acids is 2. The Morgan fingerprint density at radius 3 is 2.17 bits per heavy atom. The fourth-order valence-electron chi connectivity index (χ4n) is 5.82. The molecule has 0 bridgehead atoms. The number of amides is 2. The summed E-state index contributed by atoms with van der Waals surface area (Å²) in [6, 6.07) is -2.58. The summed E-state index contributed by atoms with van der Waals surface area (Å²) >= 11 is 0. The van der Waals surface area contributed by atoms with Gasteiger partial charge in [0.1, 0.15) is 48.8 Å². The molecule has 0 radical (unpaired) electrons. The summed E-state index contributed by atoms with van der Waals surface area (Å²) < 4.78 is 34.2. The zero-order valence-corrected chi connectivity index (χ0v) is 26.3. The predicted molar refractivity (Wildman–Crippen MR) is 154 cm³/mol. The van der Waals surface area contributed by atoms with Gasteiger partial charge in [-0.1, -0.05) is 6.08 Å². The van der Waals surface area contributed by atoms with Crippen LogP contribution in [0.15, 0.2) is 12.7 Å². The Morgan fingerprint density at radius 2 is 1.62 bits per heavy atom. The molecule has 48 heavy (non-hydrogen) atoms. The lowest BCUT2D eigenvalue weighted by atomic mass is 9.88. The molecular weight excluding hydrogens is 652 g/mol. The lowest BCUT2D eigenvalue weighted by Crippen LogP contribution is -2.70. The Kier molecular flexibility index (Phi) is 14.6. The fourth-order valence-corrected chi connectivity index (χ4v) is 5.82. The normalized spacial score (nSPS) is 40.0. The van der Waals surface area contributed by atoms with Crippen molar-refractivity contribution in [1.82, 2.24) is 10.6 Å². The first-order valence-corrected chi connectivity index (χ1v) is 15.2. The molecule has 3 fully saturated rings. The molecule has 0 spiro atoms. The van der Waals surface area contributed by atoms with Gasteiger partial charge in [-0.05, 0) is 0 Å². The van der Waals surface area contributed by atoms with Gasteiger partial charge in [-0.25, -0.2) is 4.79 Å². The quantitative estimate of drug-likeness (QED) is 0.0710. The Morgan fingerprint density at radius 1 is 0.979 bits per heavy atom. The van der Waals surface area contributed by atoms with E-state index in [0.29, 0.717) is 0 Å². The minimum absolute atomic E-state index is 0.0280. The number of rotatable bonds is 15. The molecular formula is C28H46N2O18. The first kappa shape index (κ1) is 40.0. The third-order valence-electron chi connectivity index (χ3n) is 8.11. The highest BCUT2D eigenvalue weighted by molar-refractivity contribution is 5.76. The van der Waals surface area contributed by atoms with E-state index >= 15 is 0 Å². The van der Waals surface area contributed by atoms with Gasteiger partial charge in [-0.15, -0.1) is 6.58 Å². The fraction of sp³-hybridized carbons (Fsp3) is 0.821. The first-order chi connectivity index (χ1) is 22.6. The summed E-state index contributed by atoms with van der Waals surface area (Å²) in [5, 5.41) is 98.5. The van der Waals surface area contributed by atoms with Gasteiger partial charge in [-0.2, -0.15) is 0 Å². The highest BCUT2D eigenvalue weighted by atomic mass is 16.8. The van der Waals surface area contributed by atoms with E-state index in [2.05, 4.69) is 17.2 Å². The van der Waals surface area contributed by atoms with Crippen LogP contribution in [0.1, 0.15) is 26.7 Å². The molecule has 20 nitrogen and oxygen atoms in total. The summed E-state index contributed by atoms with van der Waals surface area (Å²) in [6.07, 6.45) is -20.0. The lowest BCUT2D eigenvalue weighted by molar-refractivity contribution is -0.377. The summed E-state index contributed by atoms with van der Waals surface area (Å²) in [5.74, 6) is -6.16. The van der Waals surface area contributed by atoms with Crippen molar-refractivity contribution in [3.8, 4) is 0 Å². The van der Waals surface area contributed by atoms with Crippen LogP contribution in [0.4, 0.5) is 0 Å². The van der Waals surface area contributed by atoms with Crippen molar-refractivity contribution in [3.05, 3.63) is 12.7 Å². The van der Waals surface area contributed by atoms with Crippen LogP contribution < -0.4 is 10.6 Å². The van der Waals surface area contributed by atoms with Gasteiger partial charge in [0.2, 0.25) is 11.8 Å². The number of carboxylic acids is 1. The van der Waals surface area contributed by atoms with E-state index in [0.717, 1.165) is 6.92 Å². The van der Waals surface area contributed by atoms with Crippen LogP contribution in [0.25, 0.3) is 0 Å². The lowest BCUT2D eigenvalue weighted by Gasteiger charge is -2.50. The summed E-state index contributed by atoms with van der Waals surface area (Å²) in [5.41, 5.74) is 0. The van der Waals surface area contributed by atoms with E-state index in [9.17, 15) is 60.3 Å². The van der Waals surface area contributed by atoms with Crippen molar-refractivity contribution in [2.24, 2.45) is 0 Å². The molecule has 276 valence electrons. The number of ether oxygens (including phenoxy) is 6. The van der Waals surface area contributed by atoms with Crippen LogP contribution in [-0.4, -0.2) is 182 Å². The number of nitrogens with one attached hydrogen (secondary N) is 2. The first-order valence-electron chi connectivity index (χ1n) is 15.2. The second-order valence-electron chi connectivity index (χ2n) is 11.7. The van der Waals surface area contributed by atoms with Crippen LogP contribution in [0.5, 0.6) is 0 Å². The zero-order valence-electron chi connectivity index (χ0n) is 26.3. The van der Waals surface area contributed by atoms with Crippen LogP contribution >= 0.6 is 0 Å². The van der Waals surface area contributed by atoms with Gasteiger partial charge >= 0.3 is 5.97 Å². The average Bonchev–Trinajstić information content (AvgIpc) is 3.04. The summed E-state index contributed by atoms with van der Waals surface area (Å²) in [6.45, 7) is 3.36. The minimum Gasteiger partial charge on any atom is -0.477 e. The van der Waals surface area contributed by atoms with Gasteiger partial charge < -0.3 is 85.0 Å². The number of carboxylic acid groups (broad SMARTS) is 1. The van der Waals surface area contributed by atoms with Crippen molar-refractivity contribution < 1.29 is 88.8 Å². The molecule has 0 aromatic rings. The molecule has 3 saturated heterocycles. The standard InChI is InChI=1S/C28H46N2O18/c1-4-5-43-25-19(30-12(3)35)16(6-13(8-31)44-25)45-26-22(40)24(21(39)17(10-33)46-26)48-28(27(41)42)7-14(36)18(29-11(2)34)23(47-28)20(38)15(37)9-32/h4,13-26,31-33,36-40H,1,5-10H2,2-3H3,(H,29,34)(H,30,35)(H,41,42)/t13-,14-,15+,16-,17+,18+,19+,20+,21-,22+,23+,24-,25-,26+,28-/m0/s1. The maximum absolute atomic E-state index is 12.7. The Hall–Kier alpha value is -2.41. The van der Waals surface area contributed by atoms with Crippen molar-refractivity contribution >= 4 is 17.8 Å². The second kappa shape index (κ2) is 17.5. The zero-order chi connectivity index (χ0) is 35.9. The molecule has 0 aromatic carbocycles. The van der Waals surface area contributed by atoms with Crippen LogP contribution in [-0.2, 0) is 42.8 Å². The summed E-state index contributed by atoms with van der Waals surface area (Å²) in [7, 11) is 0. The maximum atomic E-state index is 12.7. The SMILES string of the molecule is C=CCO[C@H]1O[C@H](CO)C[C@H](O[C@@H]2O[C@H](CO)[C@H](O)[C@H](O[C@]3(C(=O)O)C[C@H](O)[C@@H](NC(C)=O)[C@H]([C@H](O)[C@H](O)CO)O3)[C@H]2O)[C@H]1NC(C)=O. The van der Waals surface area contributed by atoms with Gasteiger partial charge in [0, 0.05) is 26.7 Å². The minimum atomic E-state index is -2.98. The van der Waals surface area contributed by atoms with E-state index in [-0.39, 0.29) is 13.0 Å². The number of aliphatic hydroxyl groups excluding tert-OH is 8. The Labute approximate surface area is 274 Å². The molecule has 0 aliphatic carbocycles. The third-order valence-corrected chi connectivity index (χ3v) is 8.11. The van der Waals surface area contributed by atoms with E-state index in [1.165, 1.54) is 13.0 Å². The van der Waals surface area contributed by atoms with Gasteiger partial charge in [0.05, 0.1) is 50.8 Å². The smallest absolute Gasteiger partial charge is 0.364 e. The van der Waals surface area contributed by atoms with E-state index in [4.69, 9.17) is 28.4 Å². The monoisotopic (exact) mass is 698 g/mol. The summed E-state index contributed by atoms with van der Waals surface area (Å²) in [4.78, 5) is 36.6. The highest BCUT2D eigenvalue weighted by Gasteiger charge is 2.59. The largest absolute Gasteiger partial charge is 0.477 e. The van der Waals surface area contributed by atoms with Crippen molar-refractivity contribution in [3.63, 3.8) is 0 Å². The molecule has 20 heteroatoms. The molecule has 3 rings (SSSR count). The number of hydrogen-bond donors (Lipinski definition) is 11. The van der Waals surface area contributed by atoms with Crippen molar-refractivity contribution in [1.29, 1.82) is 0 Å². The third kappa shape index (κ3) is 9.22. The van der Waals surface area contributed by atoms with Crippen molar-refractivity contribution in [2.75, 3.05) is 26.4 Å². The van der Waals surface area contributed by atoms with Gasteiger partial charge in [-0.3, -0.25) is 9.59 Å².